The van der Waals surface area contributed by atoms with Crippen LogP contribution in [0.15, 0.2) is 36.8 Å². The van der Waals surface area contributed by atoms with Crippen LogP contribution in [0.25, 0.3) is 11.3 Å². The van der Waals surface area contributed by atoms with E-state index >= 15 is 0 Å². The molecule has 114 valence electrons. The Hall–Kier alpha value is -2.89. The maximum atomic E-state index is 9.08. The summed E-state index contributed by atoms with van der Waals surface area (Å²) in [4.78, 5) is 3.93. The van der Waals surface area contributed by atoms with Crippen molar-refractivity contribution < 1.29 is 0 Å². The van der Waals surface area contributed by atoms with E-state index in [2.05, 4.69) is 30.9 Å². The number of hydrogen-bond acceptors (Lipinski definition) is 6. The van der Waals surface area contributed by atoms with Crippen molar-refractivity contribution in [1.29, 1.82) is 5.26 Å². The smallest absolute Gasteiger partial charge is 0.216 e. The Bertz CT molecular complexity index is 874. The van der Waals surface area contributed by atoms with E-state index in [1.54, 1.807) is 4.57 Å². The maximum absolute atomic E-state index is 9.08. The van der Waals surface area contributed by atoms with Gasteiger partial charge in [0.2, 0.25) is 5.82 Å². The van der Waals surface area contributed by atoms with E-state index in [1.165, 1.54) is 12.5 Å². The second kappa shape index (κ2) is 6.48. The van der Waals surface area contributed by atoms with Crippen LogP contribution < -0.4 is 5.32 Å². The Balaban J connectivity index is 1.78. The number of rotatable bonds is 4. The third-order valence-electron chi connectivity index (χ3n) is 2.90. The number of nitriles is 1. The summed E-state index contributed by atoms with van der Waals surface area (Å²) in [6, 6.07) is 9.30. The molecule has 10 heteroatoms. The number of anilines is 1. The second-order valence-electron chi connectivity index (χ2n) is 4.29. The van der Waals surface area contributed by atoms with Crippen molar-refractivity contribution in [2.75, 3.05) is 5.32 Å². The van der Waals surface area contributed by atoms with Crippen LogP contribution in [0.3, 0.4) is 0 Å². The molecule has 0 aliphatic rings. The number of imidazole rings is 1. The van der Waals surface area contributed by atoms with Crippen LogP contribution in [-0.4, -0.2) is 30.2 Å². The molecule has 0 radical (unpaired) electrons. The molecule has 1 aromatic carbocycles. The van der Waals surface area contributed by atoms with Gasteiger partial charge in [0.15, 0.2) is 10.3 Å². The van der Waals surface area contributed by atoms with E-state index < -0.39 is 0 Å². The molecular weight excluding hydrogens is 339 g/mol. The van der Waals surface area contributed by atoms with Gasteiger partial charge >= 0.3 is 0 Å². The maximum Gasteiger partial charge on any atom is 0.216 e. The number of aromatic amines is 1. The van der Waals surface area contributed by atoms with Crippen LogP contribution in [-0.2, 0) is 0 Å². The van der Waals surface area contributed by atoms with Gasteiger partial charge in [0.05, 0.1) is 0 Å². The third-order valence-corrected chi connectivity index (χ3v) is 3.64. The number of tetrazole rings is 1. The van der Waals surface area contributed by atoms with Gasteiger partial charge in [0.1, 0.15) is 18.0 Å². The Morgan fingerprint density at radius 2 is 2.09 bits per heavy atom. The SMILES string of the molecule is N#C/C(=C\Nc1ccc(-n2cnc(Cl)c2Cl)cc1)c1nn[nH]n1. The summed E-state index contributed by atoms with van der Waals surface area (Å²) in [6.45, 7) is 0. The van der Waals surface area contributed by atoms with Gasteiger partial charge in [-0.05, 0) is 29.5 Å². The molecule has 2 heterocycles. The molecule has 0 bridgehead atoms. The predicted molar refractivity (Wildman–Crippen MR) is 85.0 cm³/mol. The lowest BCUT2D eigenvalue weighted by Gasteiger charge is -2.06. The van der Waals surface area contributed by atoms with Crippen molar-refractivity contribution in [3.8, 4) is 11.8 Å². The molecule has 0 spiro atoms. The van der Waals surface area contributed by atoms with E-state index in [9.17, 15) is 0 Å². The van der Waals surface area contributed by atoms with Crippen molar-refractivity contribution in [2.24, 2.45) is 0 Å². The van der Waals surface area contributed by atoms with Crippen LogP contribution in [0.1, 0.15) is 5.82 Å². The van der Waals surface area contributed by atoms with Crippen molar-refractivity contribution in [3.05, 3.63) is 52.9 Å². The minimum atomic E-state index is 0.219. The highest BCUT2D eigenvalue weighted by atomic mass is 35.5. The van der Waals surface area contributed by atoms with Crippen molar-refractivity contribution in [1.82, 2.24) is 30.2 Å². The molecule has 0 aliphatic heterocycles. The van der Waals surface area contributed by atoms with Gasteiger partial charge in [-0.2, -0.15) is 10.5 Å². The molecule has 0 fully saturated rings. The zero-order chi connectivity index (χ0) is 16.2. The van der Waals surface area contributed by atoms with Gasteiger partial charge in [0.25, 0.3) is 0 Å². The molecule has 0 amide bonds. The molecule has 8 nitrogen and oxygen atoms in total. The average molecular weight is 347 g/mol. The molecule has 0 aliphatic carbocycles. The van der Waals surface area contributed by atoms with Gasteiger partial charge in [-0.15, -0.1) is 10.2 Å². The average Bonchev–Trinajstić information content (AvgIpc) is 3.21. The van der Waals surface area contributed by atoms with Crippen LogP contribution in [0.5, 0.6) is 0 Å². The summed E-state index contributed by atoms with van der Waals surface area (Å²) in [6.07, 6.45) is 3.04. The number of allylic oxidation sites excluding steroid dienone is 1. The molecule has 23 heavy (non-hydrogen) atoms. The van der Waals surface area contributed by atoms with Crippen molar-refractivity contribution in [3.63, 3.8) is 0 Å². The van der Waals surface area contributed by atoms with Crippen LogP contribution >= 0.6 is 23.2 Å². The molecule has 3 aromatic rings. The molecule has 0 saturated heterocycles. The van der Waals surface area contributed by atoms with Gasteiger partial charge in [-0.25, -0.2) is 4.98 Å². The largest absolute Gasteiger partial charge is 0.360 e. The first-order valence-corrected chi connectivity index (χ1v) is 7.04. The molecule has 2 N–H and O–H groups in total. The summed E-state index contributed by atoms with van der Waals surface area (Å²) in [5, 5.41) is 25.9. The lowest BCUT2D eigenvalue weighted by Crippen LogP contribution is -1.95. The fourth-order valence-corrected chi connectivity index (χ4v) is 2.11. The fourth-order valence-electron chi connectivity index (χ4n) is 1.79. The van der Waals surface area contributed by atoms with Gasteiger partial charge in [-0.3, -0.25) is 4.57 Å². The Labute approximate surface area is 140 Å². The Morgan fingerprint density at radius 1 is 1.30 bits per heavy atom. The first-order valence-electron chi connectivity index (χ1n) is 6.28. The van der Waals surface area contributed by atoms with Crippen molar-refractivity contribution >= 4 is 34.5 Å². The number of aromatic nitrogens is 6. The number of nitrogens with zero attached hydrogens (tertiary/aromatic N) is 6. The molecule has 0 saturated carbocycles. The normalized spacial score (nSPS) is 11.3. The van der Waals surface area contributed by atoms with E-state index in [-0.39, 0.29) is 16.6 Å². The number of nitrogens with one attached hydrogen (secondary N) is 2. The lowest BCUT2D eigenvalue weighted by atomic mass is 10.2. The molecule has 0 unspecified atom stereocenters. The van der Waals surface area contributed by atoms with E-state index in [4.69, 9.17) is 28.5 Å². The van der Waals surface area contributed by atoms with E-state index in [1.807, 2.05) is 30.3 Å². The lowest BCUT2D eigenvalue weighted by molar-refractivity contribution is 0.881. The van der Waals surface area contributed by atoms with Gasteiger partial charge in [-0.1, -0.05) is 23.2 Å². The molecular formula is C13H8Cl2N8. The zero-order valence-electron chi connectivity index (χ0n) is 11.4. The summed E-state index contributed by atoms with van der Waals surface area (Å²) in [5.74, 6) is 0.219. The van der Waals surface area contributed by atoms with E-state index in [0.717, 1.165) is 11.4 Å². The molecule has 0 atom stereocenters. The predicted octanol–water partition coefficient (Wildman–Crippen LogP) is 2.67. The Morgan fingerprint density at radius 3 is 2.65 bits per heavy atom. The van der Waals surface area contributed by atoms with Gasteiger partial charge in [0, 0.05) is 17.6 Å². The highest BCUT2D eigenvalue weighted by Crippen LogP contribution is 2.24. The first kappa shape index (κ1) is 15.0. The van der Waals surface area contributed by atoms with E-state index in [0.29, 0.717) is 5.15 Å². The summed E-state index contributed by atoms with van der Waals surface area (Å²) in [5.41, 5.74) is 1.84. The minimum absolute atomic E-state index is 0.219. The number of hydrogen-bond donors (Lipinski definition) is 2. The zero-order valence-corrected chi connectivity index (χ0v) is 12.9. The standard InChI is InChI=1S/C13H8Cl2N8/c14-11-12(15)23(7-18-11)10-3-1-9(2-4-10)17-6-8(5-16)13-19-21-22-20-13/h1-4,6-7,17H,(H,19,20,21,22)/b8-6+. The number of benzene rings is 1. The topological polar surface area (TPSA) is 108 Å². The third kappa shape index (κ3) is 3.15. The fraction of sp³-hybridized carbons (Fsp3) is 0. The highest BCUT2D eigenvalue weighted by molar-refractivity contribution is 6.40. The first-order chi connectivity index (χ1) is 11.2. The molecule has 2 aromatic heterocycles. The monoisotopic (exact) mass is 346 g/mol. The van der Waals surface area contributed by atoms with Crippen molar-refractivity contribution in [2.45, 2.75) is 0 Å². The number of halogens is 2. The Kier molecular flexibility index (Phi) is 4.23. The second-order valence-corrected chi connectivity index (χ2v) is 5.01. The minimum Gasteiger partial charge on any atom is -0.360 e. The summed E-state index contributed by atoms with van der Waals surface area (Å²) >= 11 is 11.9. The molecule has 3 rings (SSSR count). The summed E-state index contributed by atoms with van der Waals surface area (Å²) < 4.78 is 1.66. The summed E-state index contributed by atoms with van der Waals surface area (Å²) in [7, 11) is 0. The van der Waals surface area contributed by atoms with Gasteiger partial charge < -0.3 is 5.32 Å². The number of H-pyrrole nitrogens is 1. The highest BCUT2D eigenvalue weighted by Gasteiger charge is 2.08. The quantitative estimate of drug-likeness (QED) is 0.703. The van der Waals surface area contributed by atoms with Crippen LogP contribution in [0.4, 0.5) is 5.69 Å². The van der Waals surface area contributed by atoms with Crippen LogP contribution in [0.2, 0.25) is 10.3 Å². The van der Waals surface area contributed by atoms with Crippen LogP contribution in [0, 0.1) is 11.3 Å².